The second-order valence-corrected chi connectivity index (χ2v) is 4.14. The van der Waals surface area contributed by atoms with Crippen molar-refractivity contribution in [1.82, 2.24) is 5.06 Å². The normalized spacial score (nSPS) is 26.1. The minimum atomic E-state index is -0.0660. The van der Waals surface area contributed by atoms with Crippen LogP contribution in [-0.2, 0) is 16.1 Å². The van der Waals surface area contributed by atoms with E-state index in [1.165, 1.54) is 5.56 Å². The summed E-state index contributed by atoms with van der Waals surface area (Å²) >= 11 is 0. The average molecular weight is 221 g/mol. The lowest BCUT2D eigenvalue weighted by Gasteiger charge is -2.19. The first-order chi connectivity index (χ1) is 7.79. The first-order valence-electron chi connectivity index (χ1n) is 5.88. The van der Waals surface area contributed by atoms with Gasteiger partial charge in [-0.2, -0.15) is 5.06 Å². The van der Waals surface area contributed by atoms with Gasteiger partial charge in [-0.3, -0.25) is 4.84 Å². The van der Waals surface area contributed by atoms with Crippen molar-refractivity contribution in [2.24, 2.45) is 0 Å². The number of rotatable bonds is 4. The largest absolute Gasteiger partial charge is 0.351 e. The molecule has 1 aromatic carbocycles. The Kier molecular flexibility index (Phi) is 3.93. The highest BCUT2D eigenvalue weighted by molar-refractivity contribution is 5.14. The SMILES string of the molecule is CCO[C@H]1C[C@H](C)N(Cc2ccccc2)O1. The smallest absolute Gasteiger partial charge is 0.179 e. The van der Waals surface area contributed by atoms with Crippen molar-refractivity contribution >= 4 is 0 Å². The number of ether oxygens (including phenoxy) is 1. The third kappa shape index (κ3) is 2.82. The summed E-state index contributed by atoms with van der Waals surface area (Å²) in [6.07, 6.45) is 0.879. The van der Waals surface area contributed by atoms with Crippen molar-refractivity contribution in [3.8, 4) is 0 Å². The fourth-order valence-electron chi connectivity index (χ4n) is 1.93. The van der Waals surface area contributed by atoms with Crippen LogP contribution in [0.5, 0.6) is 0 Å². The predicted molar refractivity (Wildman–Crippen MR) is 62.6 cm³/mol. The molecule has 16 heavy (non-hydrogen) atoms. The van der Waals surface area contributed by atoms with Gasteiger partial charge in [0.2, 0.25) is 0 Å². The van der Waals surface area contributed by atoms with Crippen LogP contribution in [0.4, 0.5) is 0 Å². The van der Waals surface area contributed by atoms with Gasteiger partial charge in [0.25, 0.3) is 0 Å². The molecule has 1 fully saturated rings. The minimum Gasteiger partial charge on any atom is -0.351 e. The number of hydrogen-bond donors (Lipinski definition) is 0. The molecule has 0 unspecified atom stereocenters. The number of benzene rings is 1. The first-order valence-corrected chi connectivity index (χ1v) is 5.88. The van der Waals surface area contributed by atoms with Crippen molar-refractivity contribution in [1.29, 1.82) is 0 Å². The van der Waals surface area contributed by atoms with Gasteiger partial charge in [-0.1, -0.05) is 30.3 Å². The molecular formula is C13H19NO2. The third-order valence-corrected chi connectivity index (χ3v) is 2.81. The Hall–Kier alpha value is -0.900. The molecule has 0 radical (unpaired) electrons. The van der Waals surface area contributed by atoms with Crippen LogP contribution in [0.25, 0.3) is 0 Å². The second-order valence-electron chi connectivity index (χ2n) is 4.14. The maximum Gasteiger partial charge on any atom is 0.179 e. The van der Waals surface area contributed by atoms with Crippen LogP contribution < -0.4 is 0 Å². The molecule has 0 aromatic heterocycles. The lowest BCUT2D eigenvalue weighted by molar-refractivity contribution is -0.241. The van der Waals surface area contributed by atoms with Crippen LogP contribution in [-0.4, -0.2) is 24.0 Å². The molecule has 1 aromatic rings. The van der Waals surface area contributed by atoms with Gasteiger partial charge in [-0.15, -0.1) is 0 Å². The van der Waals surface area contributed by atoms with E-state index in [0.717, 1.165) is 13.0 Å². The van der Waals surface area contributed by atoms with Gasteiger partial charge in [-0.25, -0.2) is 0 Å². The van der Waals surface area contributed by atoms with Crippen molar-refractivity contribution in [2.45, 2.75) is 39.1 Å². The average Bonchev–Trinajstić information content (AvgIpc) is 2.61. The zero-order valence-corrected chi connectivity index (χ0v) is 9.93. The van der Waals surface area contributed by atoms with Gasteiger partial charge in [0, 0.05) is 25.6 Å². The Balaban J connectivity index is 1.91. The van der Waals surface area contributed by atoms with E-state index in [9.17, 15) is 0 Å². The summed E-state index contributed by atoms with van der Waals surface area (Å²) in [4.78, 5) is 5.73. The molecular weight excluding hydrogens is 202 g/mol. The summed E-state index contributed by atoms with van der Waals surface area (Å²) in [5, 5.41) is 2.01. The summed E-state index contributed by atoms with van der Waals surface area (Å²) in [7, 11) is 0. The summed E-state index contributed by atoms with van der Waals surface area (Å²) < 4.78 is 5.48. The van der Waals surface area contributed by atoms with Crippen molar-refractivity contribution < 1.29 is 9.57 Å². The van der Waals surface area contributed by atoms with Gasteiger partial charge >= 0.3 is 0 Å². The van der Waals surface area contributed by atoms with Gasteiger partial charge in [0.1, 0.15) is 0 Å². The maximum absolute atomic E-state index is 5.73. The molecule has 0 N–H and O–H groups in total. The van der Waals surface area contributed by atoms with E-state index in [1.54, 1.807) is 0 Å². The van der Waals surface area contributed by atoms with Crippen molar-refractivity contribution in [3.05, 3.63) is 35.9 Å². The van der Waals surface area contributed by atoms with Gasteiger partial charge in [0.05, 0.1) is 0 Å². The quantitative estimate of drug-likeness (QED) is 0.780. The third-order valence-electron chi connectivity index (χ3n) is 2.81. The molecule has 1 heterocycles. The van der Waals surface area contributed by atoms with E-state index in [2.05, 4.69) is 31.2 Å². The molecule has 0 aliphatic carbocycles. The fourth-order valence-corrected chi connectivity index (χ4v) is 1.93. The lowest BCUT2D eigenvalue weighted by Crippen LogP contribution is -2.25. The molecule has 1 aliphatic rings. The second kappa shape index (κ2) is 5.43. The summed E-state index contributed by atoms with van der Waals surface area (Å²) in [6, 6.07) is 10.8. The Morgan fingerprint density at radius 3 is 2.81 bits per heavy atom. The van der Waals surface area contributed by atoms with E-state index in [-0.39, 0.29) is 6.29 Å². The molecule has 2 rings (SSSR count). The molecule has 88 valence electrons. The standard InChI is InChI=1S/C13H19NO2/c1-3-15-13-9-11(2)14(16-13)10-12-7-5-4-6-8-12/h4-8,11,13H,3,9-10H2,1-2H3/t11-,13+/m0/s1. The maximum atomic E-state index is 5.73. The van der Waals surface area contributed by atoms with Gasteiger partial charge < -0.3 is 4.74 Å². The highest BCUT2D eigenvalue weighted by atomic mass is 16.8. The Morgan fingerprint density at radius 1 is 1.38 bits per heavy atom. The molecule has 1 aliphatic heterocycles. The van der Waals surface area contributed by atoms with Crippen LogP contribution in [0.15, 0.2) is 30.3 Å². The predicted octanol–water partition coefficient (Wildman–Crippen LogP) is 2.58. The van der Waals surface area contributed by atoms with E-state index in [1.807, 2.05) is 18.1 Å². The lowest BCUT2D eigenvalue weighted by atomic mass is 10.2. The van der Waals surface area contributed by atoms with Crippen LogP contribution >= 0.6 is 0 Å². The molecule has 1 saturated heterocycles. The van der Waals surface area contributed by atoms with Crippen LogP contribution in [0.2, 0.25) is 0 Å². The van der Waals surface area contributed by atoms with Gasteiger partial charge in [0.15, 0.2) is 6.29 Å². The Labute approximate surface area is 96.9 Å². The molecule has 0 bridgehead atoms. The Morgan fingerprint density at radius 2 is 2.12 bits per heavy atom. The molecule has 3 heteroatoms. The topological polar surface area (TPSA) is 21.7 Å². The van der Waals surface area contributed by atoms with Crippen LogP contribution in [0.1, 0.15) is 25.8 Å². The molecule has 0 saturated carbocycles. The number of hydrogen-bond acceptors (Lipinski definition) is 3. The fraction of sp³-hybridized carbons (Fsp3) is 0.538. The van der Waals surface area contributed by atoms with E-state index in [0.29, 0.717) is 12.6 Å². The Bertz CT molecular complexity index is 315. The zero-order valence-electron chi connectivity index (χ0n) is 9.93. The zero-order chi connectivity index (χ0) is 11.4. The molecule has 2 atom stereocenters. The van der Waals surface area contributed by atoms with Crippen LogP contribution in [0, 0.1) is 0 Å². The molecule has 0 spiro atoms. The summed E-state index contributed by atoms with van der Waals surface area (Å²) in [5.41, 5.74) is 1.27. The molecule has 3 nitrogen and oxygen atoms in total. The number of hydroxylamine groups is 2. The van der Waals surface area contributed by atoms with Crippen molar-refractivity contribution in [3.63, 3.8) is 0 Å². The van der Waals surface area contributed by atoms with E-state index < -0.39 is 0 Å². The monoisotopic (exact) mass is 221 g/mol. The van der Waals surface area contributed by atoms with Crippen molar-refractivity contribution in [2.75, 3.05) is 6.61 Å². The molecule has 0 amide bonds. The highest BCUT2D eigenvalue weighted by Crippen LogP contribution is 2.23. The van der Waals surface area contributed by atoms with E-state index >= 15 is 0 Å². The van der Waals surface area contributed by atoms with Crippen LogP contribution in [0.3, 0.4) is 0 Å². The first kappa shape index (κ1) is 11.6. The summed E-state index contributed by atoms with van der Waals surface area (Å²) in [6.45, 7) is 5.69. The van der Waals surface area contributed by atoms with Gasteiger partial charge in [-0.05, 0) is 19.4 Å². The van der Waals surface area contributed by atoms with E-state index in [4.69, 9.17) is 9.57 Å². The minimum absolute atomic E-state index is 0.0660. The summed E-state index contributed by atoms with van der Waals surface area (Å²) in [5.74, 6) is 0. The number of nitrogens with zero attached hydrogens (tertiary/aromatic N) is 1. The highest BCUT2D eigenvalue weighted by Gasteiger charge is 2.30.